The van der Waals surface area contributed by atoms with Gasteiger partial charge in [-0.25, -0.2) is 0 Å². The molecular formula is C19H19ClN2O. The van der Waals surface area contributed by atoms with Crippen LogP contribution in [0, 0.1) is 5.92 Å². The van der Waals surface area contributed by atoms with Gasteiger partial charge in [-0.1, -0.05) is 29.8 Å². The molecule has 0 aliphatic heterocycles. The predicted octanol–water partition coefficient (Wildman–Crippen LogP) is 4.03. The number of amides is 1. The molecule has 1 aromatic carbocycles. The van der Waals surface area contributed by atoms with Crippen molar-refractivity contribution in [3.05, 3.63) is 64.9 Å². The van der Waals surface area contributed by atoms with E-state index >= 15 is 0 Å². The fourth-order valence-electron chi connectivity index (χ4n) is 3.20. The van der Waals surface area contributed by atoms with Crippen LogP contribution >= 0.6 is 11.6 Å². The molecule has 3 nitrogen and oxygen atoms in total. The van der Waals surface area contributed by atoms with Crippen molar-refractivity contribution in [3.63, 3.8) is 0 Å². The monoisotopic (exact) mass is 326 g/mol. The van der Waals surface area contributed by atoms with E-state index in [2.05, 4.69) is 4.98 Å². The summed E-state index contributed by atoms with van der Waals surface area (Å²) in [6.07, 6.45) is 4.98. The minimum Gasteiger partial charge on any atom is -0.334 e. The number of pyridine rings is 1. The third-order valence-corrected chi connectivity index (χ3v) is 4.99. The van der Waals surface area contributed by atoms with Crippen LogP contribution in [0.25, 0.3) is 0 Å². The molecule has 1 heterocycles. The Kier molecular flexibility index (Phi) is 3.82. The topological polar surface area (TPSA) is 33.2 Å². The number of aromatic nitrogens is 1. The molecule has 2 unspecified atom stereocenters. The highest BCUT2D eigenvalue weighted by Gasteiger charge is 2.48. The maximum Gasteiger partial charge on any atom is 0.226 e. The number of carbonyl (C=O) groups excluding carboxylic acids is 1. The zero-order chi connectivity index (χ0) is 15.8. The number of carbonyl (C=O) groups is 1. The van der Waals surface area contributed by atoms with Gasteiger partial charge in [0.05, 0.1) is 12.2 Å². The Morgan fingerprint density at radius 3 is 2.61 bits per heavy atom. The van der Waals surface area contributed by atoms with Gasteiger partial charge in [-0.2, -0.15) is 0 Å². The van der Waals surface area contributed by atoms with Crippen molar-refractivity contribution < 1.29 is 4.79 Å². The van der Waals surface area contributed by atoms with Crippen molar-refractivity contribution in [1.82, 2.24) is 9.88 Å². The molecule has 2 fully saturated rings. The molecule has 0 spiro atoms. The zero-order valence-corrected chi connectivity index (χ0v) is 13.6. The van der Waals surface area contributed by atoms with Gasteiger partial charge in [0, 0.05) is 23.2 Å². The van der Waals surface area contributed by atoms with Crippen LogP contribution in [0.15, 0.2) is 48.7 Å². The van der Waals surface area contributed by atoms with Gasteiger partial charge in [-0.3, -0.25) is 9.78 Å². The van der Waals surface area contributed by atoms with E-state index in [0.717, 1.165) is 30.0 Å². The van der Waals surface area contributed by atoms with Crippen molar-refractivity contribution >= 4 is 17.5 Å². The van der Waals surface area contributed by atoms with Crippen molar-refractivity contribution in [2.24, 2.45) is 5.92 Å². The number of hydrogen-bond donors (Lipinski definition) is 0. The van der Waals surface area contributed by atoms with Crippen LogP contribution in [0.5, 0.6) is 0 Å². The molecule has 2 saturated carbocycles. The highest BCUT2D eigenvalue weighted by Crippen LogP contribution is 2.49. The predicted molar refractivity (Wildman–Crippen MR) is 90.1 cm³/mol. The summed E-state index contributed by atoms with van der Waals surface area (Å²) in [7, 11) is 0. The minimum absolute atomic E-state index is 0.125. The summed E-state index contributed by atoms with van der Waals surface area (Å²) in [6, 6.07) is 14.2. The zero-order valence-electron chi connectivity index (χ0n) is 12.9. The van der Waals surface area contributed by atoms with Crippen molar-refractivity contribution in [2.45, 2.75) is 37.8 Å². The smallest absolute Gasteiger partial charge is 0.226 e. The summed E-state index contributed by atoms with van der Waals surface area (Å²) < 4.78 is 0. The molecule has 0 saturated heterocycles. The molecule has 1 amide bonds. The molecule has 4 heteroatoms. The molecule has 0 radical (unpaired) electrons. The van der Waals surface area contributed by atoms with Gasteiger partial charge in [-0.15, -0.1) is 0 Å². The van der Waals surface area contributed by atoms with E-state index in [9.17, 15) is 4.79 Å². The van der Waals surface area contributed by atoms with Crippen LogP contribution in [0.4, 0.5) is 0 Å². The number of benzene rings is 1. The van der Waals surface area contributed by atoms with Crippen LogP contribution in [-0.4, -0.2) is 21.8 Å². The van der Waals surface area contributed by atoms with Gasteiger partial charge in [0.15, 0.2) is 0 Å². The molecule has 2 atom stereocenters. The van der Waals surface area contributed by atoms with E-state index in [0.29, 0.717) is 18.5 Å². The first-order valence-electron chi connectivity index (χ1n) is 8.18. The lowest BCUT2D eigenvalue weighted by Gasteiger charge is -2.22. The number of nitrogens with zero attached hydrogens (tertiary/aromatic N) is 2. The Hall–Kier alpha value is -1.87. The minimum atomic E-state index is 0.125. The first-order valence-corrected chi connectivity index (χ1v) is 8.56. The van der Waals surface area contributed by atoms with Crippen LogP contribution in [0.1, 0.15) is 36.4 Å². The van der Waals surface area contributed by atoms with E-state index in [4.69, 9.17) is 11.6 Å². The maximum absolute atomic E-state index is 12.9. The van der Waals surface area contributed by atoms with E-state index in [-0.39, 0.29) is 11.8 Å². The van der Waals surface area contributed by atoms with E-state index in [1.54, 1.807) is 6.20 Å². The summed E-state index contributed by atoms with van der Waals surface area (Å²) in [6.45, 7) is 0.633. The van der Waals surface area contributed by atoms with Crippen molar-refractivity contribution in [2.75, 3.05) is 0 Å². The lowest BCUT2D eigenvalue weighted by atomic mass is 10.1. The lowest BCUT2D eigenvalue weighted by molar-refractivity contribution is -0.134. The Bertz CT molecular complexity index is 697. The summed E-state index contributed by atoms with van der Waals surface area (Å²) in [5, 5.41) is 0.743. The average Bonchev–Trinajstić information content (AvgIpc) is 3.47. The van der Waals surface area contributed by atoms with Crippen LogP contribution in [-0.2, 0) is 11.3 Å². The summed E-state index contributed by atoms with van der Waals surface area (Å²) >= 11 is 5.94. The summed E-state index contributed by atoms with van der Waals surface area (Å²) in [5.41, 5.74) is 2.19. The van der Waals surface area contributed by atoms with Gasteiger partial charge in [0.1, 0.15) is 0 Å². The molecular weight excluding hydrogens is 308 g/mol. The molecule has 2 aliphatic carbocycles. The summed E-state index contributed by atoms with van der Waals surface area (Å²) in [5.74, 6) is 0.767. The molecule has 23 heavy (non-hydrogen) atoms. The van der Waals surface area contributed by atoms with Crippen molar-refractivity contribution in [1.29, 1.82) is 0 Å². The second-order valence-electron chi connectivity index (χ2n) is 6.52. The van der Waals surface area contributed by atoms with Gasteiger partial charge in [0.25, 0.3) is 0 Å². The Morgan fingerprint density at radius 2 is 1.96 bits per heavy atom. The van der Waals surface area contributed by atoms with E-state index in [1.807, 2.05) is 47.4 Å². The normalized spacial score (nSPS) is 22.7. The van der Waals surface area contributed by atoms with Crippen LogP contribution in [0.3, 0.4) is 0 Å². The fraction of sp³-hybridized carbons (Fsp3) is 0.368. The first-order chi connectivity index (χ1) is 11.2. The largest absolute Gasteiger partial charge is 0.334 e. The fourth-order valence-corrected chi connectivity index (χ4v) is 3.32. The number of halogens is 1. The number of rotatable bonds is 5. The quantitative estimate of drug-likeness (QED) is 0.831. The maximum atomic E-state index is 12.9. The number of hydrogen-bond acceptors (Lipinski definition) is 2. The summed E-state index contributed by atoms with van der Waals surface area (Å²) in [4.78, 5) is 19.3. The van der Waals surface area contributed by atoms with Gasteiger partial charge in [0.2, 0.25) is 5.91 Å². The van der Waals surface area contributed by atoms with Crippen LogP contribution < -0.4 is 0 Å². The molecule has 4 rings (SSSR count). The third kappa shape index (κ3) is 3.25. The van der Waals surface area contributed by atoms with Crippen LogP contribution in [0.2, 0.25) is 5.02 Å². The Labute approximate surface area is 141 Å². The Morgan fingerprint density at radius 1 is 1.17 bits per heavy atom. The molecule has 0 bridgehead atoms. The molecule has 2 aromatic rings. The highest BCUT2D eigenvalue weighted by atomic mass is 35.5. The third-order valence-electron chi connectivity index (χ3n) is 4.74. The van der Waals surface area contributed by atoms with Gasteiger partial charge in [-0.05, 0) is 55.0 Å². The van der Waals surface area contributed by atoms with E-state index < -0.39 is 0 Å². The standard InChI is InChI=1S/C19H19ClN2O/c20-14-6-4-13(5-7-14)17-11-18(17)19(23)22(16-8-9-16)12-15-3-1-2-10-21-15/h1-7,10,16-18H,8-9,11-12H2. The molecule has 0 N–H and O–H groups in total. The Balaban J connectivity index is 1.46. The van der Waals surface area contributed by atoms with Crippen molar-refractivity contribution in [3.8, 4) is 0 Å². The average molecular weight is 327 g/mol. The highest BCUT2D eigenvalue weighted by molar-refractivity contribution is 6.30. The first kappa shape index (κ1) is 14.7. The van der Waals surface area contributed by atoms with E-state index in [1.165, 1.54) is 5.56 Å². The molecule has 2 aliphatic rings. The van der Waals surface area contributed by atoms with Gasteiger partial charge < -0.3 is 4.90 Å². The van der Waals surface area contributed by atoms with Gasteiger partial charge >= 0.3 is 0 Å². The second kappa shape index (κ2) is 5.97. The molecule has 118 valence electrons. The SMILES string of the molecule is O=C(C1CC1c1ccc(Cl)cc1)N(Cc1ccccn1)C1CC1. The second-order valence-corrected chi connectivity index (χ2v) is 6.96. The molecule has 1 aromatic heterocycles. The lowest BCUT2D eigenvalue weighted by Crippen LogP contribution is -2.34.